The third-order valence-corrected chi connectivity index (χ3v) is 4.08. The van der Waals surface area contributed by atoms with E-state index >= 15 is 0 Å². The smallest absolute Gasteiger partial charge is 0.202 e. The van der Waals surface area contributed by atoms with Gasteiger partial charge in [0.25, 0.3) is 0 Å². The molecule has 7 nitrogen and oxygen atoms in total. The summed E-state index contributed by atoms with van der Waals surface area (Å²) in [6, 6.07) is 7.60. The molecule has 0 bridgehead atoms. The molecular formula is C18H18O7. The van der Waals surface area contributed by atoms with Gasteiger partial charge in [-0.25, -0.2) is 0 Å². The largest absolute Gasteiger partial charge is 0.504 e. The van der Waals surface area contributed by atoms with Crippen molar-refractivity contribution >= 4 is 5.78 Å². The number of rotatable bonds is 4. The summed E-state index contributed by atoms with van der Waals surface area (Å²) >= 11 is 0. The van der Waals surface area contributed by atoms with Crippen LogP contribution in [0.2, 0.25) is 0 Å². The van der Waals surface area contributed by atoms with Crippen LogP contribution in [0.4, 0.5) is 0 Å². The number of hydrogen-bond donors (Lipinski definition) is 2. The molecule has 132 valence electrons. The van der Waals surface area contributed by atoms with Crippen molar-refractivity contribution in [2.45, 2.75) is 12.2 Å². The molecule has 0 radical (unpaired) electrons. The molecule has 0 fully saturated rings. The fourth-order valence-corrected chi connectivity index (χ4v) is 2.79. The maximum absolute atomic E-state index is 12.7. The Hall–Kier alpha value is -2.93. The zero-order chi connectivity index (χ0) is 18.1. The first-order valence-electron chi connectivity index (χ1n) is 7.52. The Morgan fingerprint density at radius 3 is 2.36 bits per heavy atom. The lowest BCUT2D eigenvalue weighted by Crippen LogP contribution is -2.36. The van der Waals surface area contributed by atoms with E-state index in [4.69, 9.17) is 18.9 Å². The minimum Gasteiger partial charge on any atom is -0.504 e. The molecule has 1 aliphatic rings. The van der Waals surface area contributed by atoms with Crippen LogP contribution < -0.4 is 18.9 Å². The van der Waals surface area contributed by atoms with Gasteiger partial charge in [-0.05, 0) is 17.7 Å². The minimum atomic E-state index is -1.43. The molecule has 7 heteroatoms. The summed E-state index contributed by atoms with van der Waals surface area (Å²) in [5.41, 5.74) is 0.653. The zero-order valence-electron chi connectivity index (χ0n) is 14.0. The number of aliphatic hydroxyl groups is 1. The molecule has 3 rings (SSSR count). The Labute approximate surface area is 144 Å². The number of aromatic hydroxyl groups is 1. The molecule has 0 aliphatic carbocycles. The van der Waals surface area contributed by atoms with E-state index in [1.807, 2.05) is 0 Å². The van der Waals surface area contributed by atoms with Gasteiger partial charge in [0, 0.05) is 12.1 Å². The molecule has 0 amide bonds. The standard InChI is InChI=1S/C18H18O7/c1-22-10-7-13(24-3)15-14(8-10)25-18(17(21)16(15)20)9-4-5-11(19)12(6-9)23-2/h4-8,17-19,21H,1-3H3. The lowest BCUT2D eigenvalue weighted by molar-refractivity contribution is 0.0209. The average Bonchev–Trinajstić information content (AvgIpc) is 2.64. The topological polar surface area (TPSA) is 94.5 Å². The number of Topliss-reactive ketones (excluding diaryl/α,β-unsaturated/α-hetero) is 1. The van der Waals surface area contributed by atoms with Crippen molar-refractivity contribution in [1.82, 2.24) is 0 Å². The number of phenolic OH excluding ortho intramolecular Hbond substituents is 1. The van der Waals surface area contributed by atoms with Gasteiger partial charge < -0.3 is 29.2 Å². The summed E-state index contributed by atoms with van der Waals surface area (Å²) in [4.78, 5) is 12.7. The summed E-state index contributed by atoms with van der Waals surface area (Å²) in [6.07, 6.45) is -2.38. The Kier molecular flexibility index (Phi) is 4.41. The van der Waals surface area contributed by atoms with Crippen molar-refractivity contribution in [3.05, 3.63) is 41.5 Å². The van der Waals surface area contributed by atoms with Gasteiger partial charge in [-0.2, -0.15) is 0 Å². The number of phenols is 1. The molecule has 0 aromatic heterocycles. The molecule has 2 atom stereocenters. The number of methoxy groups -OCH3 is 3. The van der Waals surface area contributed by atoms with Gasteiger partial charge in [-0.3, -0.25) is 4.79 Å². The highest BCUT2D eigenvalue weighted by Gasteiger charge is 2.39. The molecule has 2 aromatic rings. The molecule has 2 N–H and O–H groups in total. The summed E-state index contributed by atoms with van der Waals surface area (Å²) in [7, 11) is 4.32. The van der Waals surface area contributed by atoms with Gasteiger partial charge in [0.05, 0.1) is 21.3 Å². The highest BCUT2D eigenvalue weighted by atomic mass is 16.5. The van der Waals surface area contributed by atoms with Gasteiger partial charge in [-0.1, -0.05) is 6.07 Å². The van der Waals surface area contributed by atoms with Crippen LogP contribution in [0.3, 0.4) is 0 Å². The van der Waals surface area contributed by atoms with Crippen molar-refractivity contribution in [2.75, 3.05) is 21.3 Å². The van der Waals surface area contributed by atoms with Crippen LogP contribution in [-0.2, 0) is 0 Å². The van der Waals surface area contributed by atoms with E-state index < -0.39 is 18.0 Å². The zero-order valence-corrected chi connectivity index (χ0v) is 14.0. The van der Waals surface area contributed by atoms with Gasteiger partial charge in [-0.15, -0.1) is 0 Å². The van der Waals surface area contributed by atoms with Gasteiger partial charge in [0.2, 0.25) is 5.78 Å². The van der Waals surface area contributed by atoms with Crippen LogP contribution in [0.5, 0.6) is 28.7 Å². The Balaban J connectivity index is 2.08. The fraction of sp³-hybridized carbons (Fsp3) is 0.278. The summed E-state index contributed by atoms with van der Waals surface area (Å²) < 4.78 is 21.3. The molecule has 25 heavy (non-hydrogen) atoms. The third-order valence-electron chi connectivity index (χ3n) is 4.08. The number of ether oxygens (including phenoxy) is 4. The van der Waals surface area contributed by atoms with E-state index in [0.29, 0.717) is 11.3 Å². The SMILES string of the molecule is COc1cc(OC)c2c(c1)OC(c1ccc(O)c(OC)c1)C(O)C2=O. The minimum absolute atomic E-state index is 0.0494. The number of aliphatic hydroxyl groups excluding tert-OH is 1. The molecule has 2 aromatic carbocycles. The molecule has 1 aliphatic heterocycles. The van der Waals surface area contributed by atoms with Gasteiger partial charge >= 0.3 is 0 Å². The quantitative estimate of drug-likeness (QED) is 0.875. The first kappa shape index (κ1) is 16.9. The normalized spacial score (nSPS) is 19.0. The second-order valence-corrected chi connectivity index (χ2v) is 5.48. The van der Waals surface area contributed by atoms with Crippen LogP contribution in [0, 0.1) is 0 Å². The van der Waals surface area contributed by atoms with E-state index in [1.54, 1.807) is 18.2 Å². The van der Waals surface area contributed by atoms with Gasteiger partial charge in [0.15, 0.2) is 23.7 Å². The number of fused-ring (bicyclic) bond motifs is 1. The highest BCUT2D eigenvalue weighted by molar-refractivity contribution is 6.05. The van der Waals surface area contributed by atoms with Crippen LogP contribution in [0.25, 0.3) is 0 Å². The summed E-state index contributed by atoms with van der Waals surface area (Å²) in [6.45, 7) is 0. The van der Waals surface area contributed by atoms with Crippen LogP contribution >= 0.6 is 0 Å². The monoisotopic (exact) mass is 346 g/mol. The number of benzene rings is 2. The lowest BCUT2D eigenvalue weighted by Gasteiger charge is -2.31. The van der Waals surface area contributed by atoms with E-state index in [1.165, 1.54) is 33.5 Å². The van der Waals surface area contributed by atoms with Crippen molar-refractivity contribution in [2.24, 2.45) is 0 Å². The maximum atomic E-state index is 12.7. The average molecular weight is 346 g/mol. The predicted molar refractivity (Wildman–Crippen MR) is 87.9 cm³/mol. The van der Waals surface area contributed by atoms with Crippen molar-refractivity contribution in [1.29, 1.82) is 0 Å². The number of carbonyl (C=O) groups is 1. The Bertz CT molecular complexity index is 815. The van der Waals surface area contributed by atoms with Crippen molar-refractivity contribution in [3.8, 4) is 28.7 Å². The third kappa shape index (κ3) is 2.83. The second-order valence-electron chi connectivity index (χ2n) is 5.48. The molecule has 2 unspecified atom stereocenters. The first-order valence-corrected chi connectivity index (χ1v) is 7.52. The molecule has 1 heterocycles. The van der Waals surface area contributed by atoms with Gasteiger partial charge in [0.1, 0.15) is 22.8 Å². The molecular weight excluding hydrogens is 328 g/mol. The molecule has 0 spiro atoms. The van der Waals surface area contributed by atoms with Crippen molar-refractivity contribution in [3.63, 3.8) is 0 Å². The Morgan fingerprint density at radius 1 is 1.00 bits per heavy atom. The first-order chi connectivity index (χ1) is 12.0. The fourth-order valence-electron chi connectivity index (χ4n) is 2.79. The van der Waals surface area contributed by atoms with E-state index in [-0.39, 0.29) is 28.6 Å². The highest BCUT2D eigenvalue weighted by Crippen LogP contribution is 2.43. The predicted octanol–water partition coefficient (Wildman–Crippen LogP) is 2.10. The Morgan fingerprint density at radius 2 is 1.72 bits per heavy atom. The molecule has 0 saturated heterocycles. The van der Waals surface area contributed by atoms with Crippen LogP contribution in [0.15, 0.2) is 30.3 Å². The number of hydrogen-bond acceptors (Lipinski definition) is 7. The van der Waals surface area contributed by atoms with E-state index in [9.17, 15) is 15.0 Å². The summed E-state index contributed by atoms with van der Waals surface area (Å²) in [5.74, 6) is 0.629. The van der Waals surface area contributed by atoms with Crippen LogP contribution in [0.1, 0.15) is 22.0 Å². The van der Waals surface area contributed by atoms with Crippen LogP contribution in [-0.4, -0.2) is 43.4 Å². The van der Waals surface area contributed by atoms with E-state index in [2.05, 4.69) is 0 Å². The number of ketones is 1. The maximum Gasteiger partial charge on any atom is 0.202 e. The van der Waals surface area contributed by atoms with E-state index in [0.717, 1.165) is 0 Å². The van der Waals surface area contributed by atoms with Crippen molar-refractivity contribution < 1.29 is 34.0 Å². The lowest BCUT2D eigenvalue weighted by atomic mass is 9.92. The summed E-state index contributed by atoms with van der Waals surface area (Å²) in [5, 5.41) is 20.2. The number of carbonyl (C=O) groups excluding carboxylic acids is 1. The second kappa shape index (κ2) is 6.52. The molecule has 0 saturated carbocycles.